The van der Waals surface area contributed by atoms with Gasteiger partial charge < -0.3 is 31.1 Å². The fraction of sp³-hybridized carbons (Fsp3) is 1.00. The first kappa shape index (κ1) is 18.0. The van der Waals surface area contributed by atoms with Crippen molar-refractivity contribution in [2.45, 2.75) is 43.7 Å². The highest BCUT2D eigenvalue weighted by Gasteiger charge is 2.40. The largest absolute Gasteiger partial charge is 0.390 e. The summed E-state index contributed by atoms with van der Waals surface area (Å²) >= 11 is 0. The third-order valence-electron chi connectivity index (χ3n) is 4.91. The van der Waals surface area contributed by atoms with E-state index in [2.05, 4.69) is 10.6 Å². The standard InChI is InChI=1S/C8H15NO2.C7H14FNO2/c10-7-4-9-3-6(8(7)11)5-1-2-5;8-2-1-5-3-9-4-6(10)7(5)11/h5-11H,1-4H2;5-7,9-11H,1-4H2/t6-,7-,8-;5-,6+,7+/m10/s1. The Kier molecular flexibility index (Phi) is 6.98. The third-order valence-corrected chi connectivity index (χ3v) is 4.91. The minimum absolute atomic E-state index is 0.135. The van der Waals surface area contributed by atoms with Gasteiger partial charge in [-0.05, 0) is 25.2 Å². The number of nitrogens with one attached hydrogen (secondary N) is 2. The van der Waals surface area contributed by atoms with Crippen molar-refractivity contribution < 1.29 is 24.8 Å². The summed E-state index contributed by atoms with van der Waals surface area (Å²) in [7, 11) is 0. The van der Waals surface area contributed by atoms with Crippen molar-refractivity contribution in [3.05, 3.63) is 0 Å². The summed E-state index contributed by atoms with van der Waals surface area (Å²) in [6, 6.07) is 0. The molecule has 0 aromatic carbocycles. The summed E-state index contributed by atoms with van der Waals surface area (Å²) in [4.78, 5) is 0. The third kappa shape index (κ3) is 4.84. The first-order valence-corrected chi connectivity index (χ1v) is 8.24. The van der Waals surface area contributed by atoms with E-state index in [1.165, 1.54) is 12.8 Å². The van der Waals surface area contributed by atoms with E-state index in [0.29, 0.717) is 37.9 Å². The van der Waals surface area contributed by atoms with Gasteiger partial charge in [0.25, 0.3) is 0 Å². The molecule has 0 aromatic rings. The van der Waals surface area contributed by atoms with Crippen LogP contribution in [0.4, 0.5) is 4.39 Å². The van der Waals surface area contributed by atoms with Gasteiger partial charge >= 0.3 is 0 Å². The number of β-amino-alcohol motifs (C(OH)–C–C–N with tert-alkyl or cyclic N) is 2. The van der Waals surface area contributed by atoms with E-state index in [0.717, 1.165) is 6.54 Å². The van der Waals surface area contributed by atoms with Gasteiger partial charge in [-0.1, -0.05) is 0 Å². The quantitative estimate of drug-likeness (QED) is 0.383. The Balaban J connectivity index is 0.000000160. The molecular weight excluding hydrogens is 291 g/mol. The van der Waals surface area contributed by atoms with E-state index >= 15 is 0 Å². The molecule has 0 bridgehead atoms. The van der Waals surface area contributed by atoms with Crippen LogP contribution >= 0.6 is 0 Å². The van der Waals surface area contributed by atoms with E-state index in [4.69, 9.17) is 5.11 Å². The fourth-order valence-electron chi connectivity index (χ4n) is 3.28. The van der Waals surface area contributed by atoms with Gasteiger partial charge in [0.05, 0.1) is 31.1 Å². The van der Waals surface area contributed by atoms with Gasteiger partial charge in [0, 0.05) is 38.0 Å². The van der Waals surface area contributed by atoms with Gasteiger partial charge in [-0.2, -0.15) is 0 Å². The van der Waals surface area contributed by atoms with Crippen molar-refractivity contribution in [3.63, 3.8) is 0 Å². The molecule has 0 amide bonds. The molecule has 0 aromatic heterocycles. The van der Waals surface area contributed by atoms with E-state index in [1.807, 2.05) is 0 Å². The van der Waals surface area contributed by atoms with Gasteiger partial charge in [0.2, 0.25) is 0 Å². The van der Waals surface area contributed by atoms with Crippen LogP contribution in [0, 0.1) is 17.8 Å². The number of aliphatic hydroxyl groups excluding tert-OH is 4. The lowest BCUT2D eigenvalue weighted by Crippen LogP contribution is -2.51. The van der Waals surface area contributed by atoms with Crippen molar-refractivity contribution in [2.75, 3.05) is 32.9 Å². The second-order valence-electron chi connectivity index (χ2n) is 6.67. The molecule has 130 valence electrons. The normalized spacial score (nSPS) is 42.4. The summed E-state index contributed by atoms with van der Waals surface area (Å²) < 4.78 is 11.9. The number of rotatable bonds is 3. The Morgan fingerprint density at radius 2 is 1.41 bits per heavy atom. The van der Waals surface area contributed by atoms with Crippen LogP contribution in [0.5, 0.6) is 0 Å². The molecule has 6 N–H and O–H groups in total. The average molecular weight is 320 g/mol. The molecule has 2 saturated heterocycles. The molecule has 3 rings (SSSR count). The second-order valence-corrected chi connectivity index (χ2v) is 6.67. The molecule has 6 nitrogen and oxygen atoms in total. The van der Waals surface area contributed by atoms with E-state index in [-0.39, 0.29) is 5.92 Å². The summed E-state index contributed by atoms with van der Waals surface area (Å²) in [5.74, 6) is 0.843. The summed E-state index contributed by atoms with van der Waals surface area (Å²) in [6.45, 7) is 2.00. The van der Waals surface area contributed by atoms with E-state index < -0.39 is 31.1 Å². The average Bonchev–Trinajstić information content (AvgIpc) is 3.32. The zero-order valence-electron chi connectivity index (χ0n) is 12.9. The number of aliphatic hydroxyl groups is 4. The van der Waals surface area contributed by atoms with Crippen molar-refractivity contribution in [1.29, 1.82) is 0 Å². The highest BCUT2D eigenvalue weighted by Crippen LogP contribution is 2.39. The van der Waals surface area contributed by atoms with Crippen LogP contribution in [0.25, 0.3) is 0 Å². The van der Waals surface area contributed by atoms with Gasteiger partial charge in [-0.15, -0.1) is 0 Å². The highest BCUT2D eigenvalue weighted by molar-refractivity contribution is 4.93. The van der Waals surface area contributed by atoms with Crippen LogP contribution in [0.1, 0.15) is 19.3 Å². The Morgan fingerprint density at radius 1 is 0.818 bits per heavy atom. The predicted molar refractivity (Wildman–Crippen MR) is 80.1 cm³/mol. The number of hydrogen-bond donors (Lipinski definition) is 6. The maximum Gasteiger partial charge on any atom is 0.0926 e. The van der Waals surface area contributed by atoms with Gasteiger partial charge in [0.1, 0.15) is 0 Å². The molecule has 2 aliphatic heterocycles. The lowest BCUT2D eigenvalue weighted by atomic mass is 9.90. The van der Waals surface area contributed by atoms with E-state index in [1.54, 1.807) is 0 Å². The first-order valence-electron chi connectivity index (χ1n) is 8.24. The molecular formula is C15H29FN2O4. The second kappa shape index (κ2) is 8.52. The minimum atomic E-state index is -0.757. The smallest absolute Gasteiger partial charge is 0.0926 e. The molecule has 6 atom stereocenters. The summed E-state index contributed by atoms with van der Waals surface area (Å²) in [5.41, 5.74) is 0. The van der Waals surface area contributed by atoms with Crippen molar-refractivity contribution in [2.24, 2.45) is 17.8 Å². The van der Waals surface area contributed by atoms with Crippen LogP contribution in [0.3, 0.4) is 0 Å². The number of hydrogen-bond acceptors (Lipinski definition) is 6. The molecule has 1 saturated carbocycles. The van der Waals surface area contributed by atoms with Gasteiger partial charge in [-0.25, -0.2) is 0 Å². The molecule has 3 fully saturated rings. The van der Waals surface area contributed by atoms with Crippen LogP contribution in [0.2, 0.25) is 0 Å². The maximum absolute atomic E-state index is 11.9. The molecule has 22 heavy (non-hydrogen) atoms. The van der Waals surface area contributed by atoms with Gasteiger partial charge in [0.15, 0.2) is 0 Å². The molecule has 0 unspecified atom stereocenters. The molecule has 1 aliphatic carbocycles. The zero-order valence-corrected chi connectivity index (χ0v) is 12.9. The SMILES string of the molecule is O[C@@H]1[C@@H](CCF)CNC[C@H]1O.O[C@H]1[C@H](O)CNC[C@@H]1C1CC1. The van der Waals surface area contributed by atoms with Crippen LogP contribution < -0.4 is 10.6 Å². The highest BCUT2D eigenvalue weighted by atomic mass is 19.1. The van der Waals surface area contributed by atoms with Crippen molar-refractivity contribution in [1.82, 2.24) is 10.6 Å². The molecule has 3 aliphatic rings. The monoisotopic (exact) mass is 320 g/mol. The summed E-state index contributed by atoms with van der Waals surface area (Å²) in [5, 5.41) is 43.4. The zero-order chi connectivity index (χ0) is 16.1. The number of alkyl halides is 1. The number of halogens is 1. The van der Waals surface area contributed by atoms with Crippen molar-refractivity contribution in [3.8, 4) is 0 Å². The molecule has 2 heterocycles. The molecule has 7 heteroatoms. The Labute approximate surface area is 130 Å². The number of piperidine rings is 2. The predicted octanol–water partition coefficient (Wildman–Crippen LogP) is -1.38. The van der Waals surface area contributed by atoms with Crippen LogP contribution in [0.15, 0.2) is 0 Å². The minimum Gasteiger partial charge on any atom is -0.390 e. The Hall–Kier alpha value is -0.310. The first-order chi connectivity index (χ1) is 10.5. The fourth-order valence-corrected chi connectivity index (χ4v) is 3.28. The topological polar surface area (TPSA) is 105 Å². The lowest BCUT2D eigenvalue weighted by Gasteiger charge is -2.32. The van der Waals surface area contributed by atoms with Crippen molar-refractivity contribution >= 4 is 0 Å². The summed E-state index contributed by atoms with van der Waals surface area (Å²) in [6.07, 6.45) is 0.266. The Morgan fingerprint density at radius 3 is 2.00 bits per heavy atom. The van der Waals surface area contributed by atoms with Crippen LogP contribution in [-0.2, 0) is 0 Å². The van der Waals surface area contributed by atoms with E-state index in [9.17, 15) is 19.7 Å². The lowest BCUT2D eigenvalue weighted by molar-refractivity contribution is -0.0410. The molecule has 0 spiro atoms. The molecule has 0 radical (unpaired) electrons. The maximum atomic E-state index is 11.9. The van der Waals surface area contributed by atoms with Gasteiger partial charge in [-0.3, -0.25) is 4.39 Å². The van der Waals surface area contributed by atoms with Crippen LogP contribution in [-0.4, -0.2) is 77.7 Å². The Bertz CT molecular complexity index is 331.